The molecule has 4 nitrogen and oxygen atoms in total. The lowest BCUT2D eigenvalue weighted by Gasteiger charge is -2.12. The number of amides is 2. The SMILES string of the molecule is CN(C)C(=O)Nc1cccc(C=CCO)c1. The molecule has 0 aromatic heterocycles. The van der Waals surface area contributed by atoms with Crippen molar-refractivity contribution in [3.8, 4) is 0 Å². The number of hydrogen-bond acceptors (Lipinski definition) is 2. The third-order valence-electron chi connectivity index (χ3n) is 1.96. The van der Waals surface area contributed by atoms with E-state index in [0.29, 0.717) is 0 Å². The number of nitrogens with one attached hydrogen (secondary N) is 1. The zero-order chi connectivity index (χ0) is 12.0. The molecule has 1 aromatic rings. The Bertz CT molecular complexity index is 386. The fourth-order valence-corrected chi connectivity index (χ4v) is 1.14. The number of urea groups is 1. The Morgan fingerprint density at radius 1 is 1.50 bits per heavy atom. The molecule has 1 aromatic carbocycles. The number of carbonyl (C=O) groups excluding carboxylic acids is 1. The zero-order valence-electron chi connectivity index (χ0n) is 9.47. The third-order valence-corrected chi connectivity index (χ3v) is 1.96. The first kappa shape index (κ1) is 12.3. The Hall–Kier alpha value is -1.81. The lowest BCUT2D eigenvalue weighted by molar-refractivity contribution is 0.230. The summed E-state index contributed by atoms with van der Waals surface area (Å²) in [5.41, 5.74) is 1.67. The minimum absolute atomic E-state index is 0.00822. The van der Waals surface area contributed by atoms with E-state index >= 15 is 0 Å². The molecule has 0 heterocycles. The molecule has 0 bridgehead atoms. The summed E-state index contributed by atoms with van der Waals surface area (Å²) in [6, 6.07) is 7.24. The van der Waals surface area contributed by atoms with Crippen LogP contribution in [0.25, 0.3) is 6.08 Å². The Balaban J connectivity index is 2.74. The number of carbonyl (C=O) groups is 1. The average Bonchev–Trinajstić information content (AvgIpc) is 2.26. The van der Waals surface area contributed by atoms with Gasteiger partial charge in [-0.15, -0.1) is 0 Å². The summed E-state index contributed by atoms with van der Waals surface area (Å²) in [5.74, 6) is 0. The highest BCUT2D eigenvalue weighted by atomic mass is 16.2. The van der Waals surface area contributed by atoms with Gasteiger partial charge in [0.2, 0.25) is 0 Å². The van der Waals surface area contributed by atoms with Crippen molar-refractivity contribution in [3.05, 3.63) is 35.9 Å². The Morgan fingerprint density at radius 2 is 2.25 bits per heavy atom. The van der Waals surface area contributed by atoms with Crippen LogP contribution in [0.1, 0.15) is 5.56 Å². The van der Waals surface area contributed by atoms with E-state index in [1.54, 1.807) is 26.2 Å². The summed E-state index contributed by atoms with van der Waals surface area (Å²) in [4.78, 5) is 12.9. The number of anilines is 1. The number of aliphatic hydroxyl groups excluding tert-OH is 1. The number of hydrogen-bond donors (Lipinski definition) is 2. The van der Waals surface area contributed by atoms with Gasteiger partial charge in [-0.2, -0.15) is 0 Å². The van der Waals surface area contributed by atoms with E-state index in [1.165, 1.54) is 4.90 Å². The average molecular weight is 220 g/mol. The molecule has 0 aliphatic carbocycles. The summed E-state index contributed by atoms with van der Waals surface area (Å²) in [7, 11) is 3.37. The van der Waals surface area contributed by atoms with Crippen LogP contribution in [-0.2, 0) is 0 Å². The van der Waals surface area contributed by atoms with Crippen LogP contribution in [0, 0.1) is 0 Å². The highest BCUT2D eigenvalue weighted by Gasteiger charge is 2.03. The summed E-state index contributed by atoms with van der Waals surface area (Å²) in [5, 5.41) is 11.4. The predicted octanol–water partition coefficient (Wildman–Crippen LogP) is 1.79. The summed E-state index contributed by atoms with van der Waals surface area (Å²) in [6.07, 6.45) is 3.44. The summed E-state index contributed by atoms with van der Waals surface area (Å²) in [6.45, 7) is 0.00822. The van der Waals surface area contributed by atoms with Crippen LogP contribution in [0.5, 0.6) is 0 Å². The van der Waals surface area contributed by atoms with E-state index in [0.717, 1.165) is 11.3 Å². The largest absolute Gasteiger partial charge is 0.392 e. The third kappa shape index (κ3) is 3.74. The molecule has 0 saturated carbocycles. The van der Waals surface area contributed by atoms with E-state index in [-0.39, 0.29) is 12.6 Å². The van der Waals surface area contributed by atoms with Gasteiger partial charge in [-0.1, -0.05) is 24.3 Å². The van der Waals surface area contributed by atoms with Gasteiger partial charge in [-0.25, -0.2) is 4.79 Å². The highest BCUT2D eigenvalue weighted by molar-refractivity contribution is 5.89. The molecular formula is C12H16N2O2. The first-order valence-electron chi connectivity index (χ1n) is 4.99. The van der Waals surface area contributed by atoms with Gasteiger partial charge in [-0.3, -0.25) is 0 Å². The van der Waals surface area contributed by atoms with Crippen molar-refractivity contribution in [2.75, 3.05) is 26.0 Å². The normalized spacial score (nSPS) is 10.4. The molecule has 0 saturated heterocycles. The monoisotopic (exact) mass is 220 g/mol. The van der Waals surface area contributed by atoms with Crippen LogP contribution in [0.2, 0.25) is 0 Å². The Morgan fingerprint density at radius 3 is 2.88 bits per heavy atom. The van der Waals surface area contributed by atoms with Crippen molar-refractivity contribution in [1.29, 1.82) is 0 Å². The maximum Gasteiger partial charge on any atom is 0.321 e. The van der Waals surface area contributed by atoms with Gasteiger partial charge in [0.25, 0.3) is 0 Å². The van der Waals surface area contributed by atoms with E-state index < -0.39 is 0 Å². The molecule has 0 radical (unpaired) electrons. The molecule has 0 aliphatic rings. The van der Waals surface area contributed by atoms with E-state index in [2.05, 4.69) is 5.32 Å². The maximum atomic E-state index is 11.4. The quantitative estimate of drug-likeness (QED) is 0.816. The van der Waals surface area contributed by atoms with Crippen molar-refractivity contribution in [2.45, 2.75) is 0 Å². The second-order valence-corrected chi connectivity index (χ2v) is 3.53. The predicted molar refractivity (Wildman–Crippen MR) is 65.3 cm³/mol. The van der Waals surface area contributed by atoms with E-state index in [4.69, 9.17) is 5.11 Å². The van der Waals surface area contributed by atoms with Crippen LogP contribution in [-0.4, -0.2) is 36.7 Å². The summed E-state index contributed by atoms with van der Waals surface area (Å²) < 4.78 is 0. The fourth-order valence-electron chi connectivity index (χ4n) is 1.14. The van der Waals surface area contributed by atoms with Crippen LogP contribution in [0.15, 0.2) is 30.3 Å². The van der Waals surface area contributed by atoms with E-state index in [9.17, 15) is 4.79 Å². The van der Waals surface area contributed by atoms with Gasteiger partial charge < -0.3 is 15.3 Å². The van der Waals surface area contributed by atoms with Gasteiger partial charge >= 0.3 is 6.03 Å². The van der Waals surface area contributed by atoms with Gasteiger partial charge in [0.15, 0.2) is 0 Å². The van der Waals surface area contributed by atoms with Crippen molar-refractivity contribution >= 4 is 17.8 Å². The Labute approximate surface area is 95.2 Å². The molecule has 0 unspecified atom stereocenters. The lowest BCUT2D eigenvalue weighted by Crippen LogP contribution is -2.27. The molecule has 0 fully saturated rings. The van der Waals surface area contributed by atoms with Gasteiger partial charge in [-0.05, 0) is 17.7 Å². The first-order valence-corrected chi connectivity index (χ1v) is 4.99. The topological polar surface area (TPSA) is 52.6 Å². The molecule has 4 heteroatoms. The van der Waals surface area contributed by atoms with Gasteiger partial charge in [0.05, 0.1) is 6.61 Å². The molecule has 0 aliphatic heterocycles. The lowest BCUT2D eigenvalue weighted by atomic mass is 10.2. The standard InChI is InChI=1S/C12H16N2O2/c1-14(2)12(16)13-11-7-3-5-10(9-11)6-4-8-15/h3-7,9,15H,8H2,1-2H3,(H,13,16). The smallest absolute Gasteiger partial charge is 0.321 e. The molecular weight excluding hydrogens is 204 g/mol. The van der Waals surface area contributed by atoms with Crippen LogP contribution >= 0.6 is 0 Å². The molecule has 0 atom stereocenters. The molecule has 2 amide bonds. The second kappa shape index (κ2) is 5.92. The van der Waals surface area contributed by atoms with Crippen molar-refractivity contribution < 1.29 is 9.90 Å². The minimum Gasteiger partial charge on any atom is -0.392 e. The second-order valence-electron chi connectivity index (χ2n) is 3.53. The highest BCUT2D eigenvalue weighted by Crippen LogP contribution is 2.12. The molecule has 2 N–H and O–H groups in total. The summed E-state index contributed by atoms with van der Waals surface area (Å²) >= 11 is 0. The van der Waals surface area contributed by atoms with Crippen molar-refractivity contribution in [3.63, 3.8) is 0 Å². The molecule has 1 rings (SSSR count). The Kier molecular flexibility index (Phi) is 4.54. The van der Waals surface area contributed by atoms with Gasteiger partial charge in [0.1, 0.15) is 0 Å². The molecule has 16 heavy (non-hydrogen) atoms. The zero-order valence-corrected chi connectivity index (χ0v) is 9.47. The van der Waals surface area contributed by atoms with Crippen LogP contribution < -0.4 is 5.32 Å². The minimum atomic E-state index is -0.164. The maximum absolute atomic E-state index is 11.4. The van der Waals surface area contributed by atoms with Crippen molar-refractivity contribution in [1.82, 2.24) is 4.90 Å². The first-order chi connectivity index (χ1) is 7.63. The molecule has 0 spiro atoms. The van der Waals surface area contributed by atoms with Gasteiger partial charge in [0, 0.05) is 19.8 Å². The fraction of sp³-hybridized carbons (Fsp3) is 0.250. The van der Waals surface area contributed by atoms with Crippen LogP contribution in [0.4, 0.5) is 10.5 Å². The number of nitrogens with zero attached hydrogens (tertiary/aromatic N) is 1. The number of aliphatic hydroxyl groups is 1. The number of benzene rings is 1. The molecule has 86 valence electrons. The number of rotatable bonds is 3. The van der Waals surface area contributed by atoms with E-state index in [1.807, 2.05) is 24.3 Å². The van der Waals surface area contributed by atoms with Crippen molar-refractivity contribution in [2.24, 2.45) is 0 Å². The van der Waals surface area contributed by atoms with Crippen LogP contribution in [0.3, 0.4) is 0 Å².